The quantitative estimate of drug-likeness (QED) is 0.835. The SMILES string of the molecule is CCOc1ccccc1C(=O)c1cnccc1N. The summed E-state index contributed by atoms with van der Waals surface area (Å²) in [7, 11) is 0. The number of hydrogen-bond donors (Lipinski definition) is 1. The number of ether oxygens (including phenoxy) is 1. The summed E-state index contributed by atoms with van der Waals surface area (Å²) in [6.07, 6.45) is 3.03. The topological polar surface area (TPSA) is 65.2 Å². The Kier molecular flexibility index (Phi) is 3.57. The van der Waals surface area contributed by atoms with E-state index in [-0.39, 0.29) is 5.78 Å². The Morgan fingerprint density at radius 1 is 1.28 bits per heavy atom. The average molecular weight is 242 g/mol. The maximum absolute atomic E-state index is 12.4. The second-order valence-corrected chi connectivity index (χ2v) is 3.72. The fourth-order valence-electron chi connectivity index (χ4n) is 1.68. The second kappa shape index (κ2) is 5.31. The number of nitrogens with two attached hydrogens (primary N) is 1. The monoisotopic (exact) mass is 242 g/mol. The van der Waals surface area contributed by atoms with Crippen molar-refractivity contribution in [3.63, 3.8) is 0 Å². The lowest BCUT2D eigenvalue weighted by molar-refractivity contribution is 0.103. The molecule has 0 saturated carbocycles. The predicted octanol–water partition coefficient (Wildman–Crippen LogP) is 2.29. The van der Waals surface area contributed by atoms with Crippen LogP contribution in [0.2, 0.25) is 0 Å². The number of para-hydroxylation sites is 1. The Morgan fingerprint density at radius 3 is 2.78 bits per heavy atom. The minimum Gasteiger partial charge on any atom is -0.493 e. The summed E-state index contributed by atoms with van der Waals surface area (Å²) in [5, 5.41) is 0. The lowest BCUT2D eigenvalue weighted by atomic mass is 10.0. The molecule has 0 aliphatic heterocycles. The van der Waals surface area contributed by atoms with E-state index in [4.69, 9.17) is 10.5 Å². The van der Waals surface area contributed by atoms with Crippen molar-refractivity contribution < 1.29 is 9.53 Å². The maximum atomic E-state index is 12.4. The van der Waals surface area contributed by atoms with Gasteiger partial charge in [-0.2, -0.15) is 0 Å². The fourth-order valence-corrected chi connectivity index (χ4v) is 1.68. The number of benzene rings is 1. The summed E-state index contributed by atoms with van der Waals surface area (Å²) in [6.45, 7) is 2.38. The Balaban J connectivity index is 2.43. The van der Waals surface area contributed by atoms with Crippen LogP contribution in [0, 0.1) is 0 Å². The number of anilines is 1. The van der Waals surface area contributed by atoms with Crippen molar-refractivity contribution in [3.8, 4) is 5.75 Å². The average Bonchev–Trinajstić information content (AvgIpc) is 2.40. The second-order valence-electron chi connectivity index (χ2n) is 3.72. The number of ketones is 1. The van der Waals surface area contributed by atoms with Crippen molar-refractivity contribution in [1.29, 1.82) is 0 Å². The minimum atomic E-state index is -0.176. The van der Waals surface area contributed by atoms with Gasteiger partial charge >= 0.3 is 0 Å². The van der Waals surface area contributed by atoms with Gasteiger partial charge in [0.25, 0.3) is 0 Å². The lowest BCUT2D eigenvalue weighted by Gasteiger charge is -2.09. The third-order valence-electron chi connectivity index (χ3n) is 2.53. The molecule has 2 aromatic rings. The van der Waals surface area contributed by atoms with Crippen LogP contribution >= 0.6 is 0 Å². The lowest BCUT2D eigenvalue weighted by Crippen LogP contribution is -2.08. The van der Waals surface area contributed by atoms with Crippen LogP contribution in [0.4, 0.5) is 5.69 Å². The number of carbonyl (C=O) groups is 1. The third kappa shape index (κ3) is 2.32. The number of aromatic nitrogens is 1. The first-order valence-electron chi connectivity index (χ1n) is 5.70. The van der Waals surface area contributed by atoms with Crippen molar-refractivity contribution in [2.24, 2.45) is 0 Å². The molecule has 0 aliphatic carbocycles. The molecule has 1 aromatic carbocycles. The van der Waals surface area contributed by atoms with Gasteiger partial charge in [-0.25, -0.2) is 0 Å². The molecule has 4 heteroatoms. The minimum absolute atomic E-state index is 0.176. The van der Waals surface area contributed by atoms with E-state index < -0.39 is 0 Å². The van der Waals surface area contributed by atoms with Crippen molar-refractivity contribution in [2.45, 2.75) is 6.92 Å². The normalized spacial score (nSPS) is 10.1. The van der Waals surface area contributed by atoms with E-state index in [0.717, 1.165) is 0 Å². The van der Waals surface area contributed by atoms with E-state index in [1.807, 2.05) is 13.0 Å². The van der Waals surface area contributed by atoms with Gasteiger partial charge in [0.15, 0.2) is 5.78 Å². The van der Waals surface area contributed by atoms with Crippen LogP contribution < -0.4 is 10.5 Å². The van der Waals surface area contributed by atoms with E-state index in [9.17, 15) is 4.79 Å². The highest BCUT2D eigenvalue weighted by Gasteiger charge is 2.16. The summed E-state index contributed by atoms with van der Waals surface area (Å²) in [4.78, 5) is 16.3. The Labute approximate surface area is 105 Å². The summed E-state index contributed by atoms with van der Waals surface area (Å²) >= 11 is 0. The van der Waals surface area contributed by atoms with Gasteiger partial charge in [0, 0.05) is 18.1 Å². The first-order valence-corrected chi connectivity index (χ1v) is 5.70. The van der Waals surface area contributed by atoms with Gasteiger partial charge < -0.3 is 10.5 Å². The number of nitrogens with zero attached hydrogens (tertiary/aromatic N) is 1. The van der Waals surface area contributed by atoms with Gasteiger partial charge in [0.1, 0.15) is 5.75 Å². The van der Waals surface area contributed by atoms with E-state index in [2.05, 4.69) is 4.98 Å². The number of hydrogen-bond acceptors (Lipinski definition) is 4. The Morgan fingerprint density at radius 2 is 2.06 bits per heavy atom. The zero-order valence-corrected chi connectivity index (χ0v) is 10.1. The van der Waals surface area contributed by atoms with Crippen LogP contribution in [0.5, 0.6) is 5.75 Å². The molecular formula is C14H14N2O2. The standard InChI is InChI=1S/C14H14N2O2/c1-2-18-13-6-4-3-5-10(13)14(17)11-9-16-8-7-12(11)15/h3-9H,2H2,1H3,(H2,15,16). The molecule has 1 heterocycles. The van der Waals surface area contributed by atoms with Crippen LogP contribution in [0.1, 0.15) is 22.8 Å². The highest BCUT2D eigenvalue weighted by Crippen LogP contribution is 2.23. The molecule has 1 aromatic heterocycles. The Hall–Kier alpha value is -2.36. The molecule has 92 valence electrons. The van der Waals surface area contributed by atoms with Crippen molar-refractivity contribution in [2.75, 3.05) is 12.3 Å². The van der Waals surface area contributed by atoms with Crippen molar-refractivity contribution in [1.82, 2.24) is 4.98 Å². The van der Waals surface area contributed by atoms with Gasteiger partial charge in [0.05, 0.1) is 17.7 Å². The first-order chi connectivity index (χ1) is 8.74. The maximum Gasteiger partial charge on any atom is 0.200 e. The zero-order chi connectivity index (χ0) is 13.0. The van der Waals surface area contributed by atoms with Crippen LogP contribution in [-0.2, 0) is 0 Å². The van der Waals surface area contributed by atoms with Gasteiger partial charge in [-0.15, -0.1) is 0 Å². The summed E-state index contributed by atoms with van der Waals surface area (Å²) in [5.74, 6) is 0.387. The molecule has 18 heavy (non-hydrogen) atoms. The highest BCUT2D eigenvalue weighted by molar-refractivity contribution is 6.13. The number of pyridine rings is 1. The summed E-state index contributed by atoms with van der Waals surface area (Å²) in [6, 6.07) is 8.72. The number of carbonyl (C=O) groups excluding carboxylic acids is 1. The smallest absolute Gasteiger partial charge is 0.200 e. The van der Waals surface area contributed by atoms with Gasteiger partial charge in [0.2, 0.25) is 0 Å². The molecule has 0 amide bonds. The van der Waals surface area contributed by atoms with Gasteiger partial charge in [-0.3, -0.25) is 9.78 Å². The van der Waals surface area contributed by atoms with Gasteiger partial charge in [-0.1, -0.05) is 12.1 Å². The van der Waals surface area contributed by atoms with E-state index >= 15 is 0 Å². The number of nitrogen functional groups attached to an aromatic ring is 1. The molecule has 0 spiro atoms. The van der Waals surface area contributed by atoms with Crippen molar-refractivity contribution in [3.05, 3.63) is 53.9 Å². The highest BCUT2D eigenvalue weighted by atomic mass is 16.5. The van der Waals surface area contributed by atoms with Crippen LogP contribution in [-0.4, -0.2) is 17.4 Å². The molecule has 2 rings (SSSR count). The van der Waals surface area contributed by atoms with Gasteiger partial charge in [-0.05, 0) is 25.1 Å². The van der Waals surface area contributed by atoms with Crippen LogP contribution in [0.25, 0.3) is 0 Å². The van der Waals surface area contributed by atoms with Crippen LogP contribution in [0.3, 0.4) is 0 Å². The molecule has 0 saturated heterocycles. The predicted molar refractivity (Wildman–Crippen MR) is 69.7 cm³/mol. The summed E-state index contributed by atoms with van der Waals surface area (Å²) in [5.41, 5.74) is 7.09. The largest absolute Gasteiger partial charge is 0.493 e. The molecule has 0 fully saturated rings. The molecule has 0 atom stereocenters. The fraction of sp³-hybridized carbons (Fsp3) is 0.143. The summed E-state index contributed by atoms with van der Waals surface area (Å²) < 4.78 is 5.44. The molecule has 2 N–H and O–H groups in total. The molecule has 0 aliphatic rings. The molecular weight excluding hydrogens is 228 g/mol. The van der Waals surface area contributed by atoms with Crippen molar-refractivity contribution >= 4 is 11.5 Å². The number of rotatable bonds is 4. The van der Waals surface area contributed by atoms with E-state index in [1.54, 1.807) is 30.5 Å². The zero-order valence-electron chi connectivity index (χ0n) is 10.1. The molecule has 4 nitrogen and oxygen atoms in total. The van der Waals surface area contributed by atoms with E-state index in [1.165, 1.54) is 6.20 Å². The molecule has 0 bridgehead atoms. The molecule has 0 radical (unpaired) electrons. The van der Waals surface area contributed by atoms with Crippen LogP contribution in [0.15, 0.2) is 42.7 Å². The first kappa shape index (κ1) is 12.1. The molecule has 0 unspecified atom stereocenters. The Bertz CT molecular complexity index is 567. The van der Waals surface area contributed by atoms with E-state index in [0.29, 0.717) is 29.2 Å². The third-order valence-corrected chi connectivity index (χ3v) is 2.53.